The molecule has 3 heterocycles. The fourth-order valence-electron chi connectivity index (χ4n) is 3.54. The number of allylic oxidation sites excluding steroid dienone is 1. The van der Waals surface area contributed by atoms with Crippen LogP contribution in [-0.4, -0.2) is 54.9 Å². The quantitative estimate of drug-likeness (QED) is 0.428. The molecule has 3 rings (SSSR count). The largest absolute Gasteiger partial charge is 0.481 e. The minimum atomic E-state index is -1.69. The number of pyridine rings is 1. The van der Waals surface area contributed by atoms with Crippen molar-refractivity contribution in [1.82, 2.24) is 15.3 Å². The molecule has 2 N–H and O–H groups in total. The molecule has 1 aliphatic rings. The number of aromatic amines is 1. The second kappa shape index (κ2) is 9.19. The molecule has 0 radical (unpaired) electrons. The minimum absolute atomic E-state index is 0.130. The summed E-state index contributed by atoms with van der Waals surface area (Å²) in [5, 5.41) is 3.86. The van der Waals surface area contributed by atoms with E-state index in [2.05, 4.69) is 31.3 Å². The van der Waals surface area contributed by atoms with Gasteiger partial charge in [-0.2, -0.15) is 0 Å². The molecule has 1 aliphatic heterocycles. The highest BCUT2D eigenvalue weighted by atomic mass is 19.1. The number of fused-ring (bicyclic) bond motifs is 1. The third-order valence-electron chi connectivity index (χ3n) is 5.16. The first-order valence-electron chi connectivity index (χ1n) is 9.76. The smallest absolute Gasteiger partial charge is 0.212 e. The zero-order valence-corrected chi connectivity index (χ0v) is 17.7. The highest BCUT2D eigenvalue weighted by molar-refractivity contribution is 5.97. The van der Waals surface area contributed by atoms with Gasteiger partial charge in [0.05, 0.1) is 13.7 Å². The van der Waals surface area contributed by atoms with Gasteiger partial charge in [-0.05, 0) is 49.6 Å². The van der Waals surface area contributed by atoms with Crippen LogP contribution in [0, 0.1) is 12.8 Å². The van der Waals surface area contributed by atoms with Crippen molar-refractivity contribution in [3.63, 3.8) is 0 Å². The van der Waals surface area contributed by atoms with Gasteiger partial charge in [0, 0.05) is 36.3 Å². The number of nitrogens with zero attached hydrogens (tertiary/aromatic N) is 3. The molecular formula is C22H27F2N5O. The second-order valence-electron chi connectivity index (χ2n) is 7.41. The van der Waals surface area contributed by atoms with E-state index in [1.807, 2.05) is 19.2 Å². The Hall–Kier alpha value is -3.03. The average molecular weight is 415 g/mol. The highest BCUT2D eigenvalue weighted by Gasteiger charge is 2.36. The lowest BCUT2D eigenvalue weighted by molar-refractivity contribution is 0.108. The Labute approximate surface area is 174 Å². The summed E-state index contributed by atoms with van der Waals surface area (Å²) in [6.07, 6.45) is 9.13. The molecule has 0 fully saturated rings. The van der Waals surface area contributed by atoms with E-state index < -0.39 is 12.5 Å². The number of amidine groups is 1. The van der Waals surface area contributed by atoms with Crippen molar-refractivity contribution in [3.05, 3.63) is 53.4 Å². The molecule has 0 bridgehead atoms. The number of aryl methyl sites for hydroxylation is 1. The Kier molecular flexibility index (Phi) is 6.64. The van der Waals surface area contributed by atoms with Crippen molar-refractivity contribution in [2.24, 2.45) is 15.9 Å². The fraction of sp³-hybridized carbons (Fsp3) is 0.409. The third-order valence-corrected chi connectivity index (χ3v) is 5.16. The molecule has 160 valence electrons. The van der Waals surface area contributed by atoms with E-state index in [0.717, 1.165) is 22.2 Å². The van der Waals surface area contributed by atoms with Gasteiger partial charge in [-0.25, -0.2) is 13.8 Å². The van der Waals surface area contributed by atoms with E-state index >= 15 is 4.39 Å². The molecule has 0 saturated carbocycles. The summed E-state index contributed by atoms with van der Waals surface area (Å²) in [4.78, 5) is 15.9. The predicted octanol–water partition coefficient (Wildman–Crippen LogP) is 3.84. The van der Waals surface area contributed by atoms with E-state index in [1.54, 1.807) is 19.3 Å². The van der Waals surface area contributed by atoms with Crippen LogP contribution >= 0.6 is 0 Å². The van der Waals surface area contributed by atoms with Crippen molar-refractivity contribution < 1.29 is 13.5 Å². The first-order chi connectivity index (χ1) is 14.4. The maximum absolute atomic E-state index is 15.4. The van der Waals surface area contributed by atoms with Crippen LogP contribution in [0.2, 0.25) is 0 Å². The number of aromatic nitrogens is 2. The molecule has 2 unspecified atom stereocenters. The first-order valence-corrected chi connectivity index (χ1v) is 9.76. The molecular weight excluding hydrogens is 388 g/mol. The molecule has 0 saturated heterocycles. The van der Waals surface area contributed by atoms with Crippen molar-refractivity contribution >= 4 is 22.8 Å². The standard InChI is InChI=1S/C22H27F2N5O/c1-14-9-18-16(13-28-20(18)27-11-14)10-17-5-6-19(29-22(17,2)24)26-12-15(7-8-23)21(25-3)30-4/h5-7,9,11,13,17H,8,10,12H2,1-4H3,(H,26,29)(H,27,28)/b15-7-,25-21?. The van der Waals surface area contributed by atoms with Crippen LogP contribution < -0.4 is 5.32 Å². The Balaban J connectivity index is 1.78. The number of H-pyrrole nitrogens is 1. The molecule has 2 atom stereocenters. The zero-order valence-electron chi connectivity index (χ0n) is 17.7. The van der Waals surface area contributed by atoms with E-state index in [0.29, 0.717) is 23.7 Å². The van der Waals surface area contributed by atoms with Crippen LogP contribution in [0.5, 0.6) is 0 Å². The van der Waals surface area contributed by atoms with Crippen molar-refractivity contribution in [1.29, 1.82) is 0 Å². The number of hydrogen-bond acceptors (Lipinski definition) is 4. The van der Waals surface area contributed by atoms with Crippen LogP contribution in [-0.2, 0) is 11.2 Å². The maximum atomic E-state index is 15.4. The number of nitrogens with one attached hydrogen (secondary N) is 2. The number of hydrogen-bond donors (Lipinski definition) is 2. The monoisotopic (exact) mass is 415 g/mol. The Morgan fingerprint density at radius 1 is 1.43 bits per heavy atom. The molecule has 2 aromatic rings. The molecule has 6 nitrogen and oxygen atoms in total. The molecule has 0 aliphatic carbocycles. The summed E-state index contributed by atoms with van der Waals surface area (Å²) in [5.41, 5.74) is 3.37. The normalized spacial score (nSPS) is 23.8. The lowest BCUT2D eigenvalue weighted by Gasteiger charge is -2.33. The van der Waals surface area contributed by atoms with Gasteiger partial charge in [0.1, 0.15) is 18.2 Å². The number of alkyl halides is 2. The summed E-state index contributed by atoms with van der Waals surface area (Å²) in [7, 11) is 3.02. The lowest BCUT2D eigenvalue weighted by Crippen LogP contribution is -2.50. The average Bonchev–Trinajstić information content (AvgIpc) is 3.10. The summed E-state index contributed by atoms with van der Waals surface area (Å²) in [6, 6.07) is 2.05. The molecule has 0 amide bonds. The van der Waals surface area contributed by atoms with Crippen LogP contribution in [0.15, 0.2) is 52.2 Å². The minimum Gasteiger partial charge on any atom is -0.481 e. The number of rotatable bonds is 6. The summed E-state index contributed by atoms with van der Waals surface area (Å²) >= 11 is 0. The number of halogens is 2. The summed E-state index contributed by atoms with van der Waals surface area (Å²) in [5.74, 6) is -1.38. The van der Waals surface area contributed by atoms with E-state index in [4.69, 9.17) is 4.74 Å². The van der Waals surface area contributed by atoms with Crippen molar-refractivity contribution in [2.75, 3.05) is 27.4 Å². The van der Waals surface area contributed by atoms with E-state index in [1.165, 1.54) is 20.1 Å². The Morgan fingerprint density at radius 2 is 2.23 bits per heavy atom. The van der Waals surface area contributed by atoms with Gasteiger partial charge in [-0.15, -0.1) is 0 Å². The fourth-order valence-corrected chi connectivity index (χ4v) is 3.54. The highest BCUT2D eigenvalue weighted by Crippen LogP contribution is 2.30. The Bertz CT molecular complexity index is 1020. The summed E-state index contributed by atoms with van der Waals surface area (Å²) < 4.78 is 33.4. The van der Waals surface area contributed by atoms with Gasteiger partial charge in [0.15, 0.2) is 5.79 Å². The van der Waals surface area contributed by atoms with Gasteiger partial charge in [-0.3, -0.25) is 9.98 Å². The van der Waals surface area contributed by atoms with Crippen LogP contribution in [0.1, 0.15) is 18.1 Å². The topological polar surface area (TPSA) is 74.7 Å². The number of ether oxygens (including phenoxy) is 1. The zero-order chi connectivity index (χ0) is 21.7. The predicted molar refractivity (Wildman–Crippen MR) is 117 cm³/mol. The van der Waals surface area contributed by atoms with Gasteiger partial charge >= 0.3 is 0 Å². The van der Waals surface area contributed by atoms with Gasteiger partial charge < -0.3 is 15.0 Å². The van der Waals surface area contributed by atoms with Gasteiger partial charge in [0.2, 0.25) is 5.90 Å². The molecule has 2 aromatic heterocycles. The molecule has 0 aromatic carbocycles. The number of methoxy groups -OCH3 is 1. The Morgan fingerprint density at radius 3 is 2.90 bits per heavy atom. The maximum Gasteiger partial charge on any atom is 0.212 e. The third kappa shape index (κ3) is 4.75. The van der Waals surface area contributed by atoms with Crippen molar-refractivity contribution in [3.8, 4) is 0 Å². The van der Waals surface area contributed by atoms with E-state index in [9.17, 15) is 4.39 Å². The van der Waals surface area contributed by atoms with Gasteiger partial charge in [-0.1, -0.05) is 6.08 Å². The van der Waals surface area contributed by atoms with Crippen LogP contribution in [0.25, 0.3) is 11.0 Å². The van der Waals surface area contributed by atoms with E-state index in [-0.39, 0.29) is 12.5 Å². The van der Waals surface area contributed by atoms with Crippen LogP contribution in [0.3, 0.4) is 0 Å². The first kappa shape index (κ1) is 21.7. The number of aliphatic imine (C=N–C) groups is 2. The second-order valence-corrected chi connectivity index (χ2v) is 7.41. The lowest BCUT2D eigenvalue weighted by atomic mass is 9.88. The van der Waals surface area contributed by atoms with Gasteiger partial charge in [0.25, 0.3) is 0 Å². The van der Waals surface area contributed by atoms with Crippen LogP contribution in [0.4, 0.5) is 8.78 Å². The molecule has 30 heavy (non-hydrogen) atoms. The molecule has 8 heteroatoms. The SMILES string of the molecule is CN=C(OC)/C(=C\CF)CN=C1C=CC(Cc2c[nH]c3ncc(C)cc23)C(C)(F)N1. The summed E-state index contributed by atoms with van der Waals surface area (Å²) in [6.45, 7) is 2.96. The molecule has 0 spiro atoms. The van der Waals surface area contributed by atoms with Crippen molar-refractivity contribution in [2.45, 2.75) is 26.1 Å².